The Morgan fingerprint density at radius 2 is 2.06 bits per heavy atom. The van der Waals surface area contributed by atoms with Crippen molar-refractivity contribution in [1.82, 2.24) is 25.2 Å². The highest BCUT2D eigenvalue weighted by Gasteiger charge is 2.23. The fourth-order valence-corrected chi connectivity index (χ4v) is 4.45. The van der Waals surface area contributed by atoms with E-state index in [0.717, 1.165) is 40.2 Å². The molecule has 0 amide bonds. The number of nitrogens with zero attached hydrogens (tertiary/aromatic N) is 4. The Hall–Kier alpha value is -2.78. The Kier molecular flexibility index (Phi) is 6.93. The third kappa shape index (κ3) is 5.11. The molecule has 2 aromatic heterocycles. The van der Waals surface area contributed by atoms with Gasteiger partial charge in [-0.05, 0) is 54.5 Å². The summed E-state index contributed by atoms with van der Waals surface area (Å²) in [5, 5.41) is 23.0. The van der Waals surface area contributed by atoms with Gasteiger partial charge in [0.1, 0.15) is 25.4 Å². The normalized spacial score (nSPS) is 15.9. The van der Waals surface area contributed by atoms with Crippen LogP contribution in [0.25, 0.3) is 10.9 Å². The lowest BCUT2D eigenvalue weighted by Gasteiger charge is -2.23. The van der Waals surface area contributed by atoms with Crippen LogP contribution in [0.4, 0.5) is 0 Å². The molecule has 1 atom stereocenters. The summed E-state index contributed by atoms with van der Waals surface area (Å²) in [6, 6.07) is 7.92. The molecule has 3 aromatic rings. The molecule has 166 valence electrons. The molecule has 1 saturated carbocycles. The number of hydrogen-bond acceptors (Lipinski definition) is 6. The zero-order valence-electron chi connectivity index (χ0n) is 18.0. The van der Waals surface area contributed by atoms with Crippen molar-refractivity contribution in [3.63, 3.8) is 0 Å². The highest BCUT2D eigenvalue weighted by molar-refractivity contribution is 5.80. The first-order chi connectivity index (χ1) is 15.2. The van der Waals surface area contributed by atoms with Crippen LogP contribution in [0.15, 0.2) is 29.1 Å². The molecule has 1 aliphatic carbocycles. The van der Waals surface area contributed by atoms with Crippen LogP contribution >= 0.6 is 0 Å². The smallest absolute Gasteiger partial charge is 0.257 e. The molecular formula is C22H31N6O3+. The second-order valence-corrected chi connectivity index (χ2v) is 8.21. The average Bonchev–Trinajstić information content (AvgIpc) is 3.23. The van der Waals surface area contributed by atoms with Crippen molar-refractivity contribution >= 4 is 10.9 Å². The summed E-state index contributed by atoms with van der Waals surface area (Å²) in [6.07, 6.45) is 5.87. The van der Waals surface area contributed by atoms with E-state index in [1.54, 1.807) is 0 Å². The van der Waals surface area contributed by atoms with Gasteiger partial charge in [0.2, 0.25) is 5.82 Å². The summed E-state index contributed by atoms with van der Waals surface area (Å²) in [4.78, 5) is 16.7. The number of benzene rings is 1. The van der Waals surface area contributed by atoms with Crippen LogP contribution in [0.3, 0.4) is 0 Å². The van der Waals surface area contributed by atoms with Crippen molar-refractivity contribution in [2.24, 2.45) is 0 Å². The third-order valence-corrected chi connectivity index (χ3v) is 6.00. The van der Waals surface area contributed by atoms with E-state index in [9.17, 15) is 9.90 Å². The summed E-state index contributed by atoms with van der Waals surface area (Å²) >= 11 is 0. The topological polar surface area (TPSA) is 110 Å². The van der Waals surface area contributed by atoms with Gasteiger partial charge in [-0.25, -0.2) is 4.68 Å². The van der Waals surface area contributed by atoms with Crippen molar-refractivity contribution in [1.29, 1.82) is 0 Å². The van der Waals surface area contributed by atoms with Crippen molar-refractivity contribution in [3.8, 4) is 5.75 Å². The standard InChI is InChI=1S/C22H30N6O3/c1-2-31-19-8-9-20-16(13-19)12-17(22(30)23-20)14-27(10-11-29)15-21-24-25-26-28(21)18-6-4-3-5-7-18/h8-9,12-13,18,29H,2-7,10-11,14-15H2,1H3,(H,23,30)/p+1. The number of pyridine rings is 1. The highest BCUT2D eigenvalue weighted by atomic mass is 16.5. The van der Waals surface area contributed by atoms with Crippen LogP contribution in [0, 0.1) is 0 Å². The van der Waals surface area contributed by atoms with Crippen LogP contribution in [0.1, 0.15) is 56.5 Å². The fourth-order valence-electron chi connectivity index (χ4n) is 4.45. The zero-order valence-corrected chi connectivity index (χ0v) is 18.0. The number of H-pyrrole nitrogens is 1. The number of hydrogen-bond donors (Lipinski definition) is 3. The van der Waals surface area contributed by atoms with Crippen LogP contribution in [-0.4, -0.2) is 50.1 Å². The van der Waals surface area contributed by atoms with Gasteiger partial charge in [0.25, 0.3) is 5.56 Å². The first-order valence-electron chi connectivity index (χ1n) is 11.2. The van der Waals surface area contributed by atoms with Gasteiger partial charge >= 0.3 is 0 Å². The minimum Gasteiger partial charge on any atom is -0.494 e. The Morgan fingerprint density at radius 3 is 2.84 bits per heavy atom. The molecule has 1 aromatic carbocycles. The molecule has 0 spiro atoms. The van der Waals surface area contributed by atoms with Crippen molar-refractivity contribution in [3.05, 3.63) is 46.0 Å². The Labute approximate surface area is 181 Å². The maximum atomic E-state index is 12.7. The number of aromatic amines is 1. The molecule has 3 N–H and O–H groups in total. The van der Waals surface area contributed by atoms with E-state index in [1.807, 2.05) is 35.9 Å². The molecule has 0 saturated heterocycles. The van der Waals surface area contributed by atoms with E-state index in [2.05, 4.69) is 20.5 Å². The first kappa shape index (κ1) is 21.5. The lowest BCUT2D eigenvalue weighted by Crippen LogP contribution is -3.10. The lowest BCUT2D eigenvalue weighted by atomic mass is 9.95. The average molecular weight is 428 g/mol. The van der Waals surface area contributed by atoms with Crippen molar-refractivity contribution in [2.75, 3.05) is 19.8 Å². The highest BCUT2D eigenvalue weighted by Crippen LogP contribution is 2.27. The van der Waals surface area contributed by atoms with Crippen LogP contribution in [-0.2, 0) is 13.1 Å². The molecule has 0 bridgehead atoms. The van der Waals surface area contributed by atoms with E-state index in [1.165, 1.54) is 19.3 Å². The molecule has 2 heterocycles. The summed E-state index contributed by atoms with van der Waals surface area (Å²) in [6.45, 7) is 4.10. The van der Waals surface area contributed by atoms with E-state index in [0.29, 0.717) is 37.8 Å². The van der Waals surface area contributed by atoms with Gasteiger partial charge in [0.15, 0.2) is 0 Å². The van der Waals surface area contributed by atoms with Crippen LogP contribution in [0.5, 0.6) is 5.75 Å². The molecule has 0 aliphatic heterocycles. The molecule has 1 aliphatic rings. The largest absolute Gasteiger partial charge is 0.494 e. The zero-order chi connectivity index (χ0) is 21.6. The Bertz CT molecular complexity index is 1060. The Balaban J connectivity index is 1.56. The lowest BCUT2D eigenvalue weighted by molar-refractivity contribution is -0.928. The van der Waals surface area contributed by atoms with E-state index < -0.39 is 0 Å². The summed E-state index contributed by atoms with van der Waals surface area (Å²) in [7, 11) is 0. The monoisotopic (exact) mass is 427 g/mol. The molecular weight excluding hydrogens is 396 g/mol. The van der Waals surface area contributed by atoms with Gasteiger partial charge < -0.3 is 19.7 Å². The van der Waals surface area contributed by atoms with Gasteiger partial charge in [-0.3, -0.25) is 4.79 Å². The number of fused-ring (bicyclic) bond motifs is 1. The third-order valence-electron chi connectivity index (χ3n) is 6.00. The van der Waals surface area contributed by atoms with Crippen LogP contribution in [0.2, 0.25) is 0 Å². The van der Waals surface area contributed by atoms with Gasteiger partial charge in [0, 0.05) is 10.9 Å². The predicted octanol–water partition coefficient (Wildman–Crippen LogP) is 0.996. The molecule has 31 heavy (non-hydrogen) atoms. The summed E-state index contributed by atoms with van der Waals surface area (Å²) in [5.74, 6) is 1.59. The summed E-state index contributed by atoms with van der Waals surface area (Å²) < 4.78 is 7.54. The second kappa shape index (κ2) is 10.0. The minimum absolute atomic E-state index is 0.0281. The van der Waals surface area contributed by atoms with E-state index >= 15 is 0 Å². The maximum Gasteiger partial charge on any atom is 0.257 e. The van der Waals surface area contributed by atoms with Gasteiger partial charge in [-0.2, -0.15) is 0 Å². The molecule has 1 fully saturated rings. The number of ether oxygens (including phenoxy) is 1. The molecule has 4 rings (SSSR count). The van der Waals surface area contributed by atoms with Crippen LogP contribution < -0.4 is 15.2 Å². The van der Waals surface area contributed by atoms with Gasteiger partial charge in [-0.15, -0.1) is 5.10 Å². The van der Waals surface area contributed by atoms with Gasteiger partial charge in [-0.1, -0.05) is 19.3 Å². The quantitative estimate of drug-likeness (QED) is 0.470. The summed E-state index contributed by atoms with van der Waals surface area (Å²) in [5.41, 5.74) is 1.34. The number of quaternary nitrogens is 1. The van der Waals surface area contributed by atoms with Crippen molar-refractivity contribution in [2.45, 2.75) is 58.2 Å². The second-order valence-electron chi connectivity index (χ2n) is 8.21. The maximum absolute atomic E-state index is 12.7. The number of tetrazole rings is 1. The molecule has 9 nitrogen and oxygen atoms in total. The molecule has 1 unspecified atom stereocenters. The van der Waals surface area contributed by atoms with E-state index in [4.69, 9.17) is 4.74 Å². The van der Waals surface area contributed by atoms with Gasteiger partial charge in [0.05, 0.1) is 24.8 Å². The SMILES string of the molecule is CCOc1ccc2[nH]c(=O)c(C[NH+](CCO)Cc3nnnn3C3CCCCC3)cc2c1. The number of rotatable bonds is 9. The number of aromatic nitrogens is 5. The molecule has 0 radical (unpaired) electrons. The first-order valence-corrected chi connectivity index (χ1v) is 11.2. The minimum atomic E-state index is -0.112. The number of aliphatic hydroxyl groups is 1. The predicted molar refractivity (Wildman–Crippen MR) is 116 cm³/mol. The fraction of sp³-hybridized carbons (Fsp3) is 0.545. The van der Waals surface area contributed by atoms with Crippen molar-refractivity contribution < 1.29 is 14.7 Å². The Morgan fingerprint density at radius 1 is 1.23 bits per heavy atom. The molecule has 9 heteroatoms. The van der Waals surface area contributed by atoms with E-state index in [-0.39, 0.29) is 12.2 Å². The number of aliphatic hydroxyl groups excluding tert-OH is 1. The number of nitrogens with one attached hydrogen (secondary N) is 2.